The van der Waals surface area contributed by atoms with Crippen LogP contribution in [0.5, 0.6) is 5.75 Å². The minimum absolute atomic E-state index is 0.102. The number of aromatic nitrogens is 1. The van der Waals surface area contributed by atoms with Crippen LogP contribution in [0, 0.1) is 18.3 Å². The van der Waals surface area contributed by atoms with Crippen LogP contribution in [0.25, 0.3) is 10.9 Å². The lowest BCUT2D eigenvalue weighted by molar-refractivity contribution is -0.235. The van der Waals surface area contributed by atoms with Crippen molar-refractivity contribution in [1.29, 1.82) is 0 Å². The zero-order valence-electron chi connectivity index (χ0n) is 36.2. The zero-order chi connectivity index (χ0) is 42.7. The van der Waals surface area contributed by atoms with Crippen molar-refractivity contribution in [3.8, 4) is 5.75 Å². The SMILES string of the molecule is CC[C@]1(O)C[C@H]2CN(CCc3c([nH]c4ccc(C)cc34)[C@@](C(=O)OC)(c3cc4c(cc3OC)N(C)[C@H]3[C@@](O)(C(=O)OC)[C@H](OC(C)=O)[C@]5(CC)CC=CN6CC[C@]43[C@@H]65)C2)C1. The van der Waals surface area contributed by atoms with E-state index in [1.807, 2.05) is 31.9 Å². The number of fused-ring (bicyclic) bond motifs is 6. The number of esters is 3. The lowest BCUT2D eigenvalue weighted by Gasteiger charge is -2.64. The van der Waals surface area contributed by atoms with Crippen LogP contribution in [0.2, 0.25) is 0 Å². The summed E-state index contributed by atoms with van der Waals surface area (Å²) in [5, 5.41) is 26.4. The summed E-state index contributed by atoms with van der Waals surface area (Å²) < 4.78 is 24.0. The number of ether oxygens (including phenoxy) is 4. The Morgan fingerprint density at radius 2 is 1.72 bits per heavy atom. The number of aryl methyl sites for hydroxylation is 1. The van der Waals surface area contributed by atoms with Gasteiger partial charge in [-0.15, -0.1) is 0 Å². The number of anilines is 1. The van der Waals surface area contributed by atoms with Gasteiger partial charge in [-0.05, 0) is 93.3 Å². The van der Waals surface area contributed by atoms with Crippen molar-refractivity contribution in [1.82, 2.24) is 14.8 Å². The van der Waals surface area contributed by atoms with Crippen LogP contribution in [0.3, 0.4) is 0 Å². The van der Waals surface area contributed by atoms with Gasteiger partial charge >= 0.3 is 17.9 Å². The normalized spacial score (nSPS) is 36.3. The molecule has 1 aliphatic carbocycles. The minimum atomic E-state index is -2.29. The molecule has 3 aromatic rings. The molecule has 2 aromatic carbocycles. The number of H-pyrrole nitrogens is 1. The molecule has 6 aliphatic rings. The number of hydrogen-bond donors (Lipinski definition) is 3. The van der Waals surface area contributed by atoms with E-state index >= 15 is 4.79 Å². The van der Waals surface area contributed by atoms with Crippen LogP contribution >= 0.6 is 0 Å². The molecule has 13 nitrogen and oxygen atoms in total. The summed E-state index contributed by atoms with van der Waals surface area (Å²) in [6.45, 7) is 10.0. The molecule has 60 heavy (non-hydrogen) atoms. The molecule has 10 atom stereocenters. The van der Waals surface area contributed by atoms with Crippen molar-refractivity contribution in [3.63, 3.8) is 0 Å². The summed E-state index contributed by atoms with van der Waals surface area (Å²) in [5.41, 5.74) is -0.406. The summed E-state index contributed by atoms with van der Waals surface area (Å²) >= 11 is 0. The summed E-state index contributed by atoms with van der Waals surface area (Å²) in [5.74, 6) is -1.54. The van der Waals surface area contributed by atoms with E-state index in [1.165, 1.54) is 21.1 Å². The van der Waals surface area contributed by atoms with Crippen molar-refractivity contribution in [2.45, 2.75) is 113 Å². The van der Waals surface area contributed by atoms with Gasteiger partial charge in [-0.2, -0.15) is 0 Å². The number of hydrogen-bond acceptors (Lipinski definition) is 12. The van der Waals surface area contributed by atoms with Crippen molar-refractivity contribution in [2.24, 2.45) is 11.3 Å². The zero-order valence-corrected chi connectivity index (χ0v) is 36.2. The third kappa shape index (κ3) is 5.23. The van der Waals surface area contributed by atoms with Gasteiger partial charge in [0.1, 0.15) is 11.2 Å². The number of carbonyl (C=O) groups is 3. The van der Waals surface area contributed by atoms with Crippen LogP contribution in [0.15, 0.2) is 42.6 Å². The molecule has 2 saturated heterocycles. The summed E-state index contributed by atoms with van der Waals surface area (Å²) in [7, 11) is 6.17. The van der Waals surface area contributed by atoms with E-state index in [4.69, 9.17) is 18.9 Å². The van der Waals surface area contributed by atoms with Gasteiger partial charge in [0.25, 0.3) is 0 Å². The number of nitrogens with one attached hydrogen (secondary N) is 1. The first-order chi connectivity index (χ1) is 28.6. The number of carbonyl (C=O) groups excluding carboxylic acids is 3. The number of benzene rings is 2. The molecular formula is C47H60N4O9. The Bertz CT molecular complexity index is 2310. The number of nitrogens with zero attached hydrogens (tertiary/aromatic N) is 3. The number of piperidine rings is 1. The highest BCUT2D eigenvalue weighted by Crippen LogP contribution is 2.69. The Balaban J connectivity index is 1.37. The number of aromatic amines is 1. The highest BCUT2D eigenvalue weighted by molar-refractivity contribution is 5.95. The number of methoxy groups -OCH3 is 3. The summed E-state index contributed by atoms with van der Waals surface area (Å²) in [6.07, 6.45) is 6.52. The molecule has 13 heteroatoms. The second-order valence-corrected chi connectivity index (χ2v) is 18.8. The van der Waals surface area contributed by atoms with E-state index < -0.39 is 57.5 Å². The Morgan fingerprint density at radius 3 is 2.40 bits per heavy atom. The highest BCUT2D eigenvalue weighted by Gasteiger charge is 2.80. The van der Waals surface area contributed by atoms with Crippen LogP contribution in [-0.2, 0) is 45.8 Å². The van der Waals surface area contributed by atoms with Crippen molar-refractivity contribution in [3.05, 3.63) is 70.6 Å². The fourth-order valence-corrected chi connectivity index (χ4v) is 13.7. The number of allylic oxidation sites excluding steroid dienone is 1. The van der Waals surface area contributed by atoms with Crippen LogP contribution in [0.1, 0.15) is 87.2 Å². The molecule has 5 aliphatic heterocycles. The maximum absolute atomic E-state index is 15.4. The quantitative estimate of drug-likeness (QED) is 0.225. The number of aliphatic hydroxyl groups is 2. The molecule has 1 unspecified atom stereocenters. The van der Waals surface area contributed by atoms with Gasteiger partial charge in [0.05, 0.1) is 33.0 Å². The molecule has 1 spiro atoms. The number of rotatable bonds is 7. The standard InChI is InChI=1S/C47H60N4O9/c1-9-43(55)23-29-24-46(41(53)58-7,37-30(14-18-50(25-29)26-43)31-20-27(3)12-13-34(31)48-37)33-21-32-35(22-36(33)57-6)49(5)39-45(32)16-19-51-17-11-15-44(10-2,38(45)51)40(60-28(4)52)47(39,56)42(54)59-8/h11-13,17,20-22,29,38-40,48,55-56H,9-10,14-16,18-19,23-26H2,1-8H3/t29-,38+,39-,40-,43+,44-,45-,46+,47+/m1/s1. The highest BCUT2D eigenvalue weighted by atomic mass is 16.6. The first kappa shape index (κ1) is 40.8. The topological polar surface area (TPSA) is 154 Å². The first-order valence-corrected chi connectivity index (χ1v) is 21.6. The van der Waals surface area contributed by atoms with E-state index in [1.54, 1.807) is 7.11 Å². The van der Waals surface area contributed by atoms with Crippen LogP contribution in [0.4, 0.5) is 5.69 Å². The van der Waals surface area contributed by atoms with Gasteiger partial charge in [0.15, 0.2) is 6.10 Å². The van der Waals surface area contributed by atoms with E-state index in [0.717, 1.165) is 39.0 Å². The molecule has 0 amide bonds. The third-order valence-electron chi connectivity index (χ3n) is 15.9. The predicted molar refractivity (Wildman–Crippen MR) is 225 cm³/mol. The van der Waals surface area contributed by atoms with Crippen molar-refractivity contribution in [2.75, 3.05) is 59.5 Å². The maximum Gasteiger partial charge on any atom is 0.344 e. The average Bonchev–Trinajstić information content (AvgIpc) is 3.89. The van der Waals surface area contributed by atoms with Crippen LogP contribution in [-0.4, -0.2) is 127 Å². The molecule has 322 valence electrons. The van der Waals surface area contributed by atoms with Gasteiger partial charge in [0, 0.05) is 90.9 Å². The molecule has 3 N–H and O–H groups in total. The monoisotopic (exact) mass is 824 g/mol. The molecule has 9 rings (SSSR count). The minimum Gasteiger partial charge on any atom is -0.496 e. The molecule has 2 bridgehead atoms. The Labute approximate surface area is 352 Å². The van der Waals surface area contributed by atoms with E-state index in [-0.39, 0.29) is 12.0 Å². The van der Waals surface area contributed by atoms with Crippen LogP contribution < -0.4 is 9.64 Å². The van der Waals surface area contributed by atoms with E-state index in [9.17, 15) is 19.8 Å². The van der Waals surface area contributed by atoms with Gasteiger partial charge in [-0.3, -0.25) is 14.5 Å². The fourth-order valence-electron chi connectivity index (χ4n) is 13.7. The second kappa shape index (κ2) is 14.0. The maximum atomic E-state index is 15.4. The summed E-state index contributed by atoms with van der Waals surface area (Å²) in [4.78, 5) is 53.2. The van der Waals surface area contributed by atoms with E-state index in [2.05, 4.69) is 58.2 Å². The lowest BCUT2D eigenvalue weighted by Crippen LogP contribution is -2.81. The average molecular weight is 825 g/mol. The molecule has 6 heterocycles. The second-order valence-electron chi connectivity index (χ2n) is 18.8. The molecule has 1 aromatic heterocycles. The third-order valence-corrected chi connectivity index (χ3v) is 15.9. The molecule has 1 saturated carbocycles. The Hall–Kier alpha value is -4.59. The van der Waals surface area contributed by atoms with Gasteiger partial charge in [-0.25, -0.2) is 4.79 Å². The Morgan fingerprint density at radius 1 is 0.950 bits per heavy atom. The summed E-state index contributed by atoms with van der Waals surface area (Å²) in [6, 6.07) is 9.15. The van der Waals surface area contributed by atoms with Gasteiger partial charge in [0.2, 0.25) is 5.60 Å². The lowest BCUT2D eigenvalue weighted by atomic mass is 9.47. The smallest absolute Gasteiger partial charge is 0.344 e. The van der Waals surface area contributed by atoms with Gasteiger partial charge in [-0.1, -0.05) is 31.6 Å². The fraction of sp³-hybridized carbons (Fsp3) is 0.596. The van der Waals surface area contributed by atoms with Gasteiger partial charge < -0.3 is 43.9 Å². The molecular weight excluding hydrogens is 765 g/mol. The Kier molecular flexibility index (Phi) is 9.50. The molecule has 0 radical (unpaired) electrons. The van der Waals surface area contributed by atoms with E-state index in [0.29, 0.717) is 82.4 Å². The number of likely N-dealkylation sites (N-methyl/N-ethyl adjacent to an activating group) is 1. The largest absolute Gasteiger partial charge is 0.496 e. The predicted octanol–water partition coefficient (Wildman–Crippen LogP) is 4.65. The van der Waals surface area contributed by atoms with Crippen molar-refractivity contribution >= 4 is 34.5 Å². The van der Waals surface area contributed by atoms with Crippen molar-refractivity contribution < 1.29 is 43.5 Å². The molecule has 3 fully saturated rings. The first-order valence-electron chi connectivity index (χ1n) is 21.6.